The Balaban J connectivity index is 1.90. The molecule has 0 saturated carbocycles. The van der Waals surface area contributed by atoms with Crippen LogP contribution < -0.4 is 0 Å². The van der Waals surface area contributed by atoms with E-state index in [4.69, 9.17) is 0 Å². The van der Waals surface area contributed by atoms with Crippen LogP contribution in [0.2, 0.25) is 0 Å². The first-order valence-corrected chi connectivity index (χ1v) is 7.37. The summed E-state index contributed by atoms with van der Waals surface area (Å²) in [7, 11) is 0. The molecule has 0 aliphatic carbocycles. The summed E-state index contributed by atoms with van der Waals surface area (Å²) in [4.78, 5) is 6.52. The van der Waals surface area contributed by atoms with Gasteiger partial charge in [-0.25, -0.2) is 0 Å². The second-order valence-corrected chi connectivity index (χ2v) is 5.28. The van der Waals surface area contributed by atoms with Gasteiger partial charge in [-0.2, -0.15) is 0 Å². The summed E-state index contributed by atoms with van der Waals surface area (Å²) in [6.07, 6.45) is 0.828. The van der Waals surface area contributed by atoms with Crippen LogP contribution >= 0.6 is 0 Å². The summed E-state index contributed by atoms with van der Waals surface area (Å²) in [5, 5.41) is 9.44. The number of amidine groups is 1. The van der Waals surface area contributed by atoms with Gasteiger partial charge in [-0.05, 0) is 11.1 Å². The first-order valence-electron chi connectivity index (χ1n) is 7.37. The van der Waals surface area contributed by atoms with E-state index in [2.05, 4.69) is 53.5 Å². The van der Waals surface area contributed by atoms with Crippen molar-refractivity contribution in [3.8, 4) is 0 Å². The van der Waals surface area contributed by atoms with Crippen LogP contribution in [-0.4, -0.2) is 35.7 Å². The molecule has 0 saturated heterocycles. The molecule has 3 nitrogen and oxygen atoms in total. The van der Waals surface area contributed by atoms with Crippen LogP contribution in [0.15, 0.2) is 65.7 Å². The Labute approximate surface area is 125 Å². The first kappa shape index (κ1) is 13.8. The number of hydrogen-bond acceptors (Lipinski definition) is 3. The average Bonchev–Trinajstić information content (AvgIpc) is 3.01. The zero-order valence-electron chi connectivity index (χ0n) is 12.0. The summed E-state index contributed by atoms with van der Waals surface area (Å²) in [6, 6.07) is 21.0. The lowest BCUT2D eigenvalue weighted by atomic mass is 9.88. The zero-order chi connectivity index (χ0) is 14.5. The third-order valence-electron chi connectivity index (χ3n) is 3.99. The van der Waals surface area contributed by atoms with E-state index in [1.165, 1.54) is 11.1 Å². The van der Waals surface area contributed by atoms with Crippen molar-refractivity contribution in [2.75, 3.05) is 19.8 Å². The molecule has 21 heavy (non-hydrogen) atoms. The van der Waals surface area contributed by atoms with Gasteiger partial charge in [0.25, 0.3) is 0 Å². The topological polar surface area (TPSA) is 35.8 Å². The minimum Gasteiger partial charge on any atom is -0.376 e. The van der Waals surface area contributed by atoms with Crippen molar-refractivity contribution in [3.05, 3.63) is 71.8 Å². The Hall–Kier alpha value is -2.13. The maximum Gasteiger partial charge on any atom is 0.116 e. The molecule has 0 unspecified atom stereocenters. The third-order valence-corrected chi connectivity index (χ3v) is 3.99. The number of nitrogens with zero attached hydrogens (tertiary/aromatic N) is 2. The lowest BCUT2D eigenvalue weighted by Crippen LogP contribution is -2.30. The lowest BCUT2D eigenvalue weighted by Gasteiger charge is -2.23. The predicted octanol–water partition coefficient (Wildman–Crippen LogP) is 2.87. The van der Waals surface area contributed by atoms with Crippen LogP contribution in [0.3, 0.4) is 0 Å². The van der Waals surface area contributed by atoms with Gasteiger partial charge in [-0.15, -0.1) is 0 Å². The summed E-state index contributed by atoms with van der Waals surface area (Å²) < 4.78 is 0. The van der Waals surface area contributed by atoms with E-state index in [0.717, 1.165) is 25.3 Å². The molecule has 0 atom stereocenters. The number of aliphatic hydroxyl groups excluding tert-OH is 1. The second kappa shape index (κ2) is 6.55. The second-order valence-electron chi connectivity index (χ2n) is 5.28. The molecule has 3 heteroatoms. The molecule has 0 spiro atoms. The molecule has 2 aromatic carbocycles. The number of aliphatic imine (C=N–C) groups is 1. The molecule has 1 heterocycles. The maximum absolute atomic E-state index is 9.44. The fourth-order valence-electron chi connectivity index (χ4n) is 2.86. The van der Waals surface area contributed by atoms with Crippen molar-refractivity contribution in [1.29, 1.82) is 0 Å². The van der Waals surface area contributed by atoms with Crippen molar-refractivity contribution in [2.24, 2.45) is 4.99 Å². The van der Waals surface area contributed by atoms with E-state index < -0.39 is 0 Å². The van der Waals surface area contributed by atoms with Crippen LogP contribution in [0.1, 0.15) is 23.5 Å². The quantitative estimate of drug-likeness (QED) is 0.914. The smallest absolute Gasteiger partial charge is 0.116 e. The van der Waals surface area contributed by atoms with Crippen LogP contribution in [0, 0.1) is 0 Å². The highest BCUT2D eigenvalue weighted by Gasteiger charge is 2.22. The predicted molar refractivity (Wildman–Crippen MR) is 85.4 cm³/mol. The van der Waals surface area contributed by atoms with Gasteiger partial charge in [0.15, 0.2) is 0 Å². The van der Waals surface area contributed by atoms with E-state index in [0.29, 0.717) is 0 Å². The molecule has 1 N–H and O–H groups in total. The van der Waals surface area contributed by atoms with Gasteiger partial charge in [0.05, 0.1) is 6.54 Å². The Kier molecular flexibility index (Phi) is 4.31. The molecular weight excluding hydrogens is 260 g/mol. The standard InChI is InChI=1S/C18H20N2O/c21-14-20-12-11-19-18(20)13-17(15-7-3-1-4-8-15)16-9-5-2-6-10-16/h1-10,17,21H,11-14H2. The first-order chi connectivity index (χ1) is 10.4. The fraction of sp³-hybridized carbons (Fsp3) is 0.278. The van der Waals surface area contributed by atoms with Gasteiger partial charge in [-0.3, -0.25) is 4.99 Å². The normalized spacial score (nSPS) is 14.6. The molecule has 0 aromatic heterocycles. The number of aliphatic hydroxyl groups is 1. The summed E-state index contributed by atoms with van der Waals surface area (Å²) in [5.74, 6) is 1.29. The largest absolute Gasteiger partial charge is 0.376 e. The molecular formula is C18H20N2O. The molecule has 108 valence electrons. The maximum atomic E-state index is 9.44. The average molecular weight is 280 g/mol. The minimum absolute atomic E-state index is 0.0507. The van der Waals surface area contributed by atoms with Crippen LogP contribution in [0.5, 0.6) is 0 Å². The van der Waals surface area contributed by atoms with Crippen molar-refractivity contribution < 1.29 is 5.11 Å². The minimum atomic E-state index is 0.0507. The van der Waals surface area contributed by atoms with Gasteiger partial charge >= 0.3 is 0 Å². The molecule has 0 amide bonds. The lowest BCUT2D eigenvalue weighted by molar-refractivity contribution is 0.177. The van der Waals surface area contributed by atoms with Crippen LogP contribution in [0.25, 0.3) is 0 Å². The van der Waals surface area contributed by atoms with Crippen molar-refractivity contribution in [3.63, 3.8) is 0 Å². The van der Waals surface area contributed by atoms with E-state index in [1.807, 2.05) is 17.0 Å². The molecule has 0 fully saturated rings. The van der Waals surface area contributed by atoms with Gasteiger partial charge < -0.3 is 10.0 Å². The monoisotopic (exact) mass is 280 g/mol. The summed E-state index contributed by atoms with van der Waals surface area (Å²) >= 11 is 0. The van der Waals surface area contributed by atoms with Crippen molar-refractivity contribution >= 4 is 5.84 Å². The summed E-state index contributed by atoms with van der Waals surface area (Å²) in [5.41, 5.74) is 2.58. The molecule has 0 bridgehead atoms. The van der Waals surface area contributed by atoms with Crippen LogP contribution in [-0.2, 0) is 0 Å². The Morgan fingerprint density at radius 2 is 1.52 bits per heavy atom. The Bertz CT molecular complexity index is 556. The zero-order valence-corrected chi connectivity index (χ0v) is 12.0. The highest BCUT2D eigenvalue weighted by atomic mass is 16.3. The molecule has 1 aliphatic rings. The SMILES string of the molecule is OCN1CCN=C1CC(c1ccccc1)c1ccccc1. The van der Waals surface area contributed by atoms with E-state index in [1.54, 1.807) is 0 Å². The fourth-order valence-corrected chi connectivity index (χ4v) is 2.86. The van der Waals surface area contributed by atoms with E-state index >= 15 is 0 Å². The van der Waals surface area contributed by atoms with Gasteiger partial charge in [0, 0.05) is 18.9 Å². The molecule has 2 aromatic rings. The molecule has 0 radical (unpaired) electrons. The van der Waals surface area contributed by atoms with Gasteiger partial charge in [-0.1, -0.05) is 60.7 Å². The van der Waals surface area contributed by atoms with Crippen molar-refractivity contribution in [1.82, 2.24) is 4.90 Å². The Morgan fingerprint density at radius 1 is 0.952 bits per heavy atom. The van der Waals surface area contributed by atoms with E-state index in [-0.39, 0.29) is 12.6 Å². The molecule has 1 aliphatic heterocycles. The molecule has 3 rings (SSSR count). The number of hydrogen-bond donors (Lipinski definition) is 1. The summed E-state index contributed by atoms with van der Waals surface area (Å²) in [6.45, 7) is 1.66. The Morgan fingerprint density at radius 3 is 2.05 bits per heavy atom. The van der Waals surface area contributed by atoms with Crippen LogP contribution in [0.4, 0.5) is 0 Å². The van der Waals surface area contributed by atoms with Crippen molar-refractivity contribution in [2.45, 2.75) is 12.3 Å². The number of benzene rings is 2. The number of rotatable bonds is 5. The van der Waals surface area contributed by atoms with E-state index in [9.17, 15) is 5.11 Å². The highest BCUT2D eigenvalue weighted by molar-refractivity contribution is 5.84. The third kappa shape index (κ3) is 3.14. The van der Waals surface area contributed by atoms with Gasteiger partial charge in [0.1, 0.15) is 12.6 Å². The highest BCUT2D eigenvalue weighted by Crippen LogP contribution is 2.29. The van der Waals surface area contributed by atoms with Gasteiger partial charge in [0.2, 0.25) is 0 Å².